The first-order valence-electron chi connectivity index (χ1n) is 9.29. The van der Waals surface area contributed by atoms with E-state index in [0.717, 1.165) is 10.0 Å². The highest BCUT2D eigenvalue weighted by molar-refractivity contribution is 9.15. The minimum Gasteiger partial charge on any atom is -0.267 e. The molecule has 34 heavy (non-hydrogen) atoms. The number of hydrazine groups is 1. The monoisotopic (exact) mass is 770 g/mol. The molecule has 1 aliphatic heterocycles. The van der Waals surface area contributed by atoms with Gasteiger partial charge in [0, 0.05) is 17.9 Å². The molecule has 3 aromatic rings. The van der Waals surface area contributed by atoms with Crippen molar-refractivity contribution in [3.05, 3.63) is 97.7 Å². The number of hydrogen-bond acceptors (Lipinski definition) is 3. The van der Waals surface area contributed by atoms with Crippen LogP contribution in [0.3, 0.4) is 0 Å². The fraction of sp³-hybridized carbons (Fsp3) is 0.0455. The van der Waals surface area contributed by atoms with Crippen LogP contribution in [0.2, 0.25) is 15.1 Å². The molecule has 0 fully saturated rings. The van der Waals surface area contributed by atoms with Crippen LogP contribution >= 0.6 is 98.5 Å². The van der Waals surface area contributed by atoms with Crippen LogP contribution in [0.25, 0.3) is 0 Å². The van der Waals surface area contributed by atoms with Crippen molar-refractivity contribution in [2.24, 2.45) is 0 Å². The summed E-state index contributed by atoms with van der Waals surface area (Å²) < 4.78 is 1.82. The summed E-state index contributed by atoms with van der Waals surface area (Å²) in [7, 11) is 0. The summed E-state index contributed by atoms with van der Waals surface area (Å²) in [4.78, 5) is 40.8. The Morgan fingerprint density at radius 2 is 1.32 bits per heavy atom. The van der Waals surface area contributed by atoms with E-state index < -0.39 is 17.7 Å². The number of amides is 3. The molecule has 0 spiro atoms. The molecule has 0 saturated heterocycles. The summed E-state index contributed by atoms with van der Waals surface area (Å²) >= 11 is 32.0. The van der Waals surface area contributed by atoms with E-state index in [1.807, 2.05) is 0 Å². The number of rotatable bonds is 4. The van der Waals surface area contributed by atoms with Crippen LogP contribution < -0.4 is 0 Å². The van der Waals surface area contributed by atoms with Gasteiger partial charge < -0.3 is 0 Å². The SMILES string of the molecule is O=C(c1ccccc1Cl)N(Cc1ccc(Cl)c(Cl)c1)N1C(=O)c2c(Br)c(Br)c(Br)c(Br)c2C1=O. The third-order valence-electron chi connectivity index (χ3n) is 4.98. The summed E-state index contributed by atoms with van der Waals surface area (Å²) in [5, 5.41) is 2.64. The van der Waals surface area contributed by atoms with Gasteiger partial charge in [-0.1, -0.05) is 53.0 Å². The van der Waals surface area contributed by atoms with Gasteiger partial charge in [0.1, 0.15) is 0 Å². The molecule has 0 unspecified atom stereocenters. The summed E-state index contributed by atoms with van der Waals surface area (Å²) in [5.74, 6) is -2.00. The van der Waals surface area contributed by atoms with Crippen LogP contribution in [0.5, 0.6) is 0 Å². The fourth-order valence-electron chi connectivity index (χ4n) is 3.37. The van der Waals surface area contributed by atoms with Crippen LogP contribution in [0, 0.1) is 0 Å². The van der Waals surface area contributed by atoms with Crippen LogP contribution in [0.1, 0.15) is 36.6 Å². The van der Waals surface area contributed by atoms with Gasteiger partial charge in [-0.15, -0.1) is 0 Å². The molecule has 0 atom stereocenters. The van der Waals surface area contributed by atoms with Gasteiger partial charge in [-0.2, -0.15) is 5.01 Å². The third-order valence-corrected chi connectivity index (χ3v) is 10.8. The van der Waals surface area contributed by atoms with Crippen molar-refractivity contribution in [1.29, 1.82) is 0 Å². The summed E-state index contributed by atoms with van der Waals surface area (Å²) in [5.41, 5.74) is 0.893. The van der Waals surface area contributed by atoms with Gasteiger partial charge in [0.05, 0.1) is 38.3 Å². The molecular weight excluding hydrogens is 766 g/mol. The number of halogens is 7. The standard InChI is InChI=1S/C22H9Br4Cl3N2O3/c23-16-14-15(17(24)19(26)18(16)25)22(34)31(21(14)33)30(8-9-5-6-12(28)13(29)7-9)20(32)10-3-1-2-4-11(10)27/h1-7H,8H2. The van der Waals surface area contributed by atoms with E-state index in [1.165, 1.54) is 6.07 Å². The minimum atomic E-state index is -0.679. The Labute approximate surface area is 242 Å². The third kappa shape index (κ3) is 4.49. The molecule has 4 rings (SSSR count). The molecule has 3 amide bonds. The number of hydrogen-bond donors (Lipinski definition) is 0. The lowest BCUT2D eigenvalue weighted by Gasteiger charge is -2.30. The predicted octanol–water partition coefficient (Wildman–Crippen LogP) is 8.55. The van der Waals surface area contributed by atoms with Crippen LogP contribution in [-0.4, -0.2) is 27.7 Å². The van der Waals surface area contributed by atoms with Gasteiger partial charge in [0.2, 0.25) is 0 Å². The lowest BCUT2D eigenvalue weighted by Crippen LogP contribution is -2.49. The Kier molecular flexibility index (Phi) is 7.84. The molecule has 0 radical (unpaired) electrons. The Morgan fingerprint density at radius 1 is 0.765 bits per heavy atom. The number of imide groups is 1. The maximum Gasteiger partial charge on any atom is 0.282 e. The lowest BCUT2D eigenvalue weighted by atomic mass is 10.1. The maximum atomic E-state index is 13.6. The Balaban J connectivity index is 1.87. The lowest BCUT2D eigenvalue weighted by molar-refractivity contribution is 0.000829. The van der Waals surface area contributed by atoms with Gasteiger partial charge in [-0.25, -0.2) is 5.01 Å². The summed E-state index contributed by atoms with van der Waals surface area (Å²) in [6.07, 6.45) is 0. The highest BCUT2D eigenvalue weighted by Crippen LogP contribution is 2.46. The van der Waals surface area contributed by atoms with Crippen LogP contribution in [0.4, 0.5) is 0 Å². The van der Waals surface area contributed by atoms with Gasteiger partial charge in [0.25, 0.3) is 17.7 Å². The number of fused-ring (bicyclic) bond motifs is 1. The number of nitrogens with zero attached hydrogens (tertiary/aromatic N) is 2. The van der Waals surface area contributed by atoms with E-state index in [9.17, 15) is 14.4 Å². The van der Waals surface area contributed by atoms with E-state index in [4.69, 9.17) is 34.8 Å². The molecule has 5 nitrogen and oxygen atoms in total. The van der Waals surface area contributed by atoms with Crippen molar-refractivity contribution < 1.29 is 14.4 Å². The first-order chi connectivity index (χ1) is 16.0. The zero-order chi connectivity index (χ0) is 24.9. The maximum absolute atomic E-state index is 13.6. The predicted molar refractivity (Wildman–Crippen MR) is 146 cm³/mol. The van der Waals surface area contributed by atoms with E-state index in [2.05, 4.69) is 63.7 Å². The smallest absolute Gasteiger partial charge is 0.267 e. The molecule has 0 aromatic heterocycles. The molecule has 0 saturated carbocycles. The summed E-state index contributed by atoms with van der Waals surface area (Å²) in [6.45, 7) is -0.149. The average molecular weight is 775 g/mol. The number of carbonyl (C=O) groups is 3. The largest absolute Gasteiger partial charge is 0.282 e. The normalized spacial score (nSPS) is 12.9. The Bertz CT molecular complexity index is 1350. The zero-order valence-electron chi connectivity index (χ0n) is 16.5. The van der Waals surface area contributed by atoms with Crippen molar-refractivity contribution in [2.45, 2.75) is 6.54 Å². The fourth-order valence-corrected chi connectivity index (χ4v) is 6.37. The minimum absolute atomic E-state index is 0.109. The van der Waals surface area contributed by atoms with Crippen molar-refractivity contribution >= 4 is 116 Å². The molecule has 0 bridgehead atoms. The van der Waals surface area contributed by atoms with Crippen molar-refractivity contribution in [1.82, 2.24) is 10.0 Å². The van der Waals surface area contributed by atoms with E-state index in [1.54, 1.807) is 36.4 Å². The average Bonchev–Trinajstić information content (AvgIpc) is 3.07. The highest BCUT2D eigenvalue weighted by atomic mass is 79.9. The van der Waals surface area contributed by atoms with E-state index in [0.29, 0.717) is 28.5 Å². The van der Waals surface area contributed by atoms with Crippen molar-refractivity contribution in [3.63, 3.8) is 0 Å². The molecule has 3 aromatic carbocycles. The second-order valence-electron chi connectivity index (χ2n) is 7.02. The second kappa shape index (κ2) is 10.2. The quantitative estimate of drug-likeness (QED) is 0.152. The van der Waals surface area contributed by atoms with Crippen molar-refractivity contribution in [2.75, 3.05) is 0 Å². The number of carbonyl (C=O) groups excluding carboxylic acids is 3. The second-order valence-corrected chi connectivity index (χ2v) is 11.4. The first-order valence-corrected chi connectivity index (χ1v) is 13.6. The van der Waals surface area contributed by atoms with Gasteiger partial charge in [-0.05, 0) is 93.5 Å². The van der Waals surface area contributed by atoms with Gasteiger partial charge in [0.15, 0.2) is 0 Å². The molecule has 1 aliphatic rings. The number of benzene rings is 3. The first kappa shape index (κ1) is 26.1. The molecule has 174 valence electrons. The highest BCUT2D eigenvalue weighted by Gasteiger charge is 2.45. The topological polar surface area (TPSA) is 57.7 Å². The molecular formula is C22H9Br4Cl3N2O3. The summed E-state index contributed by atoms with van der Waals surface area (Å²) in [6, 6.07) is 11.2. The molecule has 0 N–H and O–H groups in total. The molecule has 1 heterocycles. The Morgan fingerprint density at radius 3 is 1.85 bits per heavy atom. The van der Waals surface area contributed by atoms with Crippen LogP contribution in [-0.2, 0) is 6.54 Å². The molecule has 0 aliphatic carbocycles. The van der Waals surface area contributed by atoms with E-state index >= 15 is 0 Å². The van der Waals surface area contributed by atoms with Crippen molar-refractivity contribution in [3.8, 4) is 0 Å². The van der Waals surface area contributed by atoms with E-state index in [-0.39, 0.29) is 33.3 Å². The molecule has 12 heteroatoms. The zero-order valence-corrected chi connectivity index (χ0v) is 25.1. The van der Waals surface area contributed by atoms with Crippen LogP contribution in [0.15, 0.2) is 60.4 Å². The Hall–Kier alpha value is -0.940. The van der Waals surface area contributed by atoms with Gasteiger partial charge >= 0.3 is 0 Å². The van der Waals surface area contributed by atoms with Gasteiger partial charge in [-0.3, -0.25) is 14.4 Å².